The smallest absolute Gasteiger partial charge is 0.177 e. The Labute approximate surface area is 112 Å². The van der Waals surface area contributed by atoms with E-state index >= 15 is 0 Å². The second kappa shape index (κ2) is 5.22. The van der Waals surface area contributed by atoms with E-state index in [4.69, 9.17) is 0 Å². The molecule has 0 unspecified atom stereocenters. The minimum absolute atomic E-state index is 0.828. The number of imidazole rings is 1. The molecule has 0 fully saturated rings. The van der Waals surface area contributed by atoms with Crippen LogP contribution in [0.2, 0.25) is 0 Å². The van der Waals surface area contributed by atoms with Crippen LogP contribution in [0.1, 0.15) is 23.5 Å². The minimum Gasteiger partial charge on any atom is -0.341 e. The van der Waals surface area contributed by atoms with Gasteiger partial charge >= 0.3 is 0 Å². The van der Waals surface area contributed by atoms with Gasteiger partial charge in [-0.1, -0.05) is 30.3 Å². The third-order valence-corrected chi connectivity index (χ3v) is 3.26. The maximum Gasteiger partial charge on any atom is 0.177 e. The molecule has 3 nitrogen and oxygen atoms in total. The summed E-state index contributed by atoms with van der Waals surface area (Å²) in [6.45, 7) is 1.99. The second-order valence-electron chi connectivity index (χ2n) is 4.85. The Balaban J connectivity index is 1.65. The number of nitrogens with zero attached hydrogens (tertiary/aromatic N) is 2. The molecule has 3 heteroatoms. The molecule has 3 rings (SSSR count). The second-order valence-corrected chi connectivity index (χ2v) is 4.85. The fourth-order valence-corrected chi connectivity index (χ4v) is 2.26. The molecule has 3 aromatic rings. The molecule has 96 valence electrons. The predicted molar refractivity (Wildman–Crippen MR) is 77.1 cm³/mol. The Morgan fingerprint density at radius 1 is 0.947 bits per heavy atom. The molecule has 0 saturated carbocycles. The van der Waals surface area contributed by atoms with Crippen molar-refractivity contribution < 1.29 is 0 Å². The maximum atomic E-state index is 4.54. The molecular formula is C16H17N3. The third kappa shape index (κ3) is 2.81. The summed E-state index contributed by atoms with van der Waals surface area (Å²) in [6.07, 6.45) is 3.15. The zero-order chi connectivity index (χ0) is 13.1. The molecule has 0 radical (unpaired) electrons. The van der Waals surface area contributed by atoms with Gasteiger partial charge in [-0.25, -0.2) is 9.97 Å². The third-order valence-electron chi connectivity index (χ3n) is 3.26. The van der Waals surface area contributed by atoms with Crippen molar-refractivity contribution in [3.05, 3.63) is 59.5 Å². The summed E-state index contributed by atoms with van der Waals surface area (Å²) in [5.74, 6) is 1.03. The Morgan fingerprint density at radius 3 is 2.63 bits per heavy atom. The first-order valence-corrected chi connectivity index (χ1v) is 6.67. The molecule has 0 aliphatic carbocycles. The van der Waals surface area contributed by atoms with Gasteiger partial charge in [0, 0.05) is 12.1 Å². The molecule has 2 heterocycles. The molecule has 0 atom stereocenters. The number of H-pyrrole nitrogens is 1. The average Bonchev–Trinajstić information content (AvgIpc) is 2.82. The Kier molecular flexibility index (Phi) is 3.27. The van der Waals surface area contributed by atoms with Gasteiger partial charge < -0.3 is 4.98 Å². The highest BCUT2D eigenvalue weighted by Crippen LogP contribution is 2.12. The number of aryl methyl sites for hydroxylation is 3. The number of pyridine rings is 1. The number of hydrogen-bond acceptors (Lipinski definition) is 2. The van der Waals surface area contributed by atoms with Crippen LogP contribution < -0.4 is 0 Å². The Bertz CT molecular complexity index is 671. The van der Waals surface area contributed by atoms with Gasteiger partial charge in [0.1, 0.15) is 5.82 Å². The molecule has 1 aromatic carbocycles. The van der Waals surface area contributed by atoms with Crippen LogP contribution in [0.4, 0.5) is 0 Å². The first-order valence-electron chi connectivity index (χ1n) is 6.67. The molecule has 0 aliphatic rings. The normalized spacial score (nSPS) is 11.0. The Hall–Kier alpha value is -2.16. The highest BCUT2D eigenvalue weighted by Gasteiger charge is 2.04. The lowest BCUT2D eigenvalue weighted by Gasteiger charge is -1.99. The summed E-state index contributed by atoms with van der Waals surface area (Å²) in [5, 5.41) is 0. The zero-order valence-corrected chi connectivity index (χ0v) is 11.1. The van der Waals surface area contributed by atoms with Crippen molar-refractivity contribution >= 4 is 11.2 Å². The summed E-state index contributed by atoms with van der Waals surface area (Å²) >= 11 is 0. The van der Waals surface area contributed by atoms with E-state index in [2.05, 4.69) is 45.3 Å². The van der Waals surface area contributed by atoms with Crippen LogP contribution in [0.5, 0.6) is 0 Å². The summed E-state index contributed by atoms with van der Waals surface area (Å²) in [5.41, 5.74) is 4.25. The molecule has 0 amide bonds. The van der Waals surface area contributed by atoms with Gasteiger partial charge in [-0.2, -0.15) is 0 Å². The van der Waals surface area contributed by atoms with Crippen molar-refractivity contribution in [2.75, 3.05) is 0 Å². The van der Waals surface area contributed by atoms with E-state index in [9.17, 15) is 0 Å². The van der Waals surface area contributed by atoms with E-state index in [0.717, 1.165) is 41.9 Å². The van der Waals surface area contributed by atoms with E-state index in [1.54, 1.807) is 0 Å². The number of nitrogens with one attached hydrogen (secondary N) is 1. The highest BCUT2D eigenvalue weighted by atomic mass is 15.0. The van der Waals surface area contributed by atoms with Crippen molar-refractivity contribution in [3.63, 3.8) is 0 Å². The van der Waals surface area contributed by atoms with Gasteiger partial charge in [-0.3, -0.25) is 0 Å². The van der Waals surface area contributed by atoms with Gasteiger partial charge in [0.15, 0.2) is 5.65 Å². The fraction of sp³-hybridized carbons (Fsp3) is 0.250. The van der Waals surface area contributed by atoms with Crippen LogP contribution in [-0.4, -0.2) is 15.0 Å². The number of benzene rings is 1. The van der Waals surface area contributed by atoms with Crippen LogP contribution in [0.15, 0.2) is 42.5 Å². The van der Waals surface area contributed by atoms with Crippen LogP contribution in [0.25, 0.3) is 11.2 Å². The van der Waals surface area contributed by atoms with Crippen LogP contribution in [-0.2, 0) is 12.8 Å². The largest absolute Gasteiger partial charge is 0.341 e. The van der Waals surface area contributed by atoms with E-state index in [0.29, 0.717) is 0 Å². The molecular weight excluding hydrogens is 234 g/mol. The number of aromatic nitrogens is 3. The first kappa shape index (κ1) is 11.9. The minimum atomic E-state index is 0.828. The highest BCUT2D eigenvalue weighted by molar-refractivity contribution is 5.70. The summed E-state index contributed by atoms with van der Waals surface area (Å²) in [6, 6.07) is 14.6. The molecule has 0 spiro atoms. The lowest BCUT2D eigenvalue weighted by Crippen LogP contribution is -1.91. The fourth-order valence-electron chi connectivity index (χ4n) is 2.26. The summed E-state index contributed by atoms with van der Waals surface area (Å²) in [4.78, 5) is 12.3. The van der Waals surface area contributed by atoms with Gasteiger partial charge in [-0.05, 0) is 37.5 Å². The van der Waals surface area contributed by atoms with Gasteiger partial charge in [0.2, 0.25) is 0 Å². The average molecular weight is 251 g/mol. The molecule has 0 saturated heterocycles. The van der Waals surface area contributed by atoms with Gasteiger partial charge in [0.05, 0.1) is 5.52 Å². The van der Waals surface area contributed by atoms with Crippen molar-refractivity contribution in [1.29, 1.82) is 0 Å². The number of fused-ring (bicyclic) bond motifs is 1. The number of aromatic amines is 1. The van der Waals surface area contributed by atoms with E-state index < -0.39 is 0 Å². The Morgan fingerprint density at radius 2 is 1.79 bits per heavy atom. The SMILES string of the molecule is Cc1ccc2[nH]c(CCCc3ccccc3)nc2n1. The van der Waals surface area contributed by atoms with Crippen molar-refractivity contribution in [1.82, 2.24) is 15.0 Å². The number of rotatable bonds is 4. The van der Waals surface area contributed by atoms with Crippen molar-refractivity contribution in [3.8, 4) is 0 Å². The number of hydrogen-bond donors (Lipinski definition) is 1. The molecule has 0 aliphatic heterocycles. The molecule has 19 heavy (non-hydrogen) atoms. The van der Waals surface area contributed by atoms with Crippen LogP contribution in [0.3, 0.4) is 0 Å². The lowest BCUT2D eigenvalue weighted by atomic mass is 10.1. The predicted octanol–water partition coefficient (Wildman–Crippen LogP) is 3.44. The maximum absolute atomic E-state index is 4.54. The van der Waals surface area contributed by atoms with Crippen LogP contribution >= 0.6 is 0 Å². The molecule has 2 aromatic heterocycles. The first-order chi connectivity index (χ1) is 9.31. The zero-order valence-electron chi connectivity index (χ0n) is 11.1. The van der Waals surface area contributed by atoms with E-state index in [1.165, 1.54) is 5.56 Å². The quantitative estimate of drug-likeness (QED) is 0.771. The lowest BCUT2D eigenvalue weighted by molar-refractivity contribution is 0.785. The molecule has 0 bridgehead atoms. The monoisotopic (exact) mass is 251 g/mol. The van der Waals surface area contributed by atoms with Gasteiger partial charge in [-0.15, -0.1) is 0 Å². The summed E-state index contributed by atoms with van der Waals surface area (Å²) < 4.78 is 0. The van der Waals surface area contributed by atoms with Crippen molar-refractivity contribution in [2.24, 2.45) is 0 Å². The van der Waals surface area contributed by atoms with E-state index in [-0.39, 0.29) is 0 Å². The van der Waals surface area contributed by atoms with Crippen LogP contribution in [0, 0.1) is 6.92 Å². The topological polar surface area (TPSA) is 41.6 Å². The molecule has 1 N–H and O–H groups in total. The standard InChI is InChI=1S/C16H17N3/c1-12-10-11-14-16(17-12)19-15(18-14)9-5-8-13-6-3-2-4-7-13/h2-4,6-7,10-11H,5,8-9H2,1H3,(H,17,18,19). The summed E-state index contributed by atoms with van der Waals surface area (Å²) in [7, 11) is 0. The van der Waals surface area contributed by atoms with E-state index in [1.807, 2.05) is 19.1 Å². The van der Waals surface area contributed by atoms with Gasteiger partial charge in [0.25, 0.3) is 0 Å². The van der Waals surface area contributed by atoms with Crippen molar-refractivity contribution in [2.45, 2.75) is 26.2 Å².